The molecule has 8 nitrogen and oxygen atoms in total. The molecule has 8 heteroatoms. The van der Waals surface area contributed by atoms with Crippen LogP contribution in [-0.2, 0) is 11.3 Å². The first-order valence-electron chi connectivity index (χ1n) is 14.9. The summed E-state index contributed by atoms with van der Waals surface area (Å²) in [5, 5.41) is 15.9. The number of morpholine rings is 1. The number of allylic oxidation sites excluding steroid dienone is 3. The molecule has 1 aromatic carbocycles. The van der Waals surface area contributed by atoms with Gasteiger partial charge in [-0.05, 0) is 74.4 Å². The van der Waals surface area contributed by atoms with Gasteiger partial charge in [0.1, 0.15) is 5.82 Å². The van der Waals surface area contributed by atoms with Crippen molar-refractivity contribution in [1.29, 1.82) is 0 Å². The van der Waals surface area contributed by atoms with Crippen LogP contribution >= 0.6 is 0 Å². The first-order valence-corrected chi connectivity index (χ1v) is 14.9. The second kappa shape index (κ2) is 11.1. The minimum atomic E-state index is -0.864. The van der Waals surface area contributed by atoms with Gasteiger partial charge in [-0.3, -0.25) is 4.68 Å². The van der Waals surface area contributed by atoms with E-state index in [0.717, 1.165) is 57.8 Å². The SMILES string of the molecule is C=C1C(C)=CC(c2ccc3nc(-c4cnn(CC(C)(C)O)c4)nc(N4CCOC[C@@H]4C4CCCCC4)c3c2)=CN1C. The number of fused-ring (bicyclic) bond motifs is 1. The molecule has 0 amide bonds. The van der Waals surface area contributed by atoms with Gasteiger partial charge >= 0.3 is 0 Å². The van der Waals surface area contributed by atoms with Crippen LogP contribution in [0.5, 0.6) is 0 Å². The smallest absolute Gasteiger partial charge is 0.165 e. The van der Waals surface area contributed by atoms with Crippen molar-refractivity contribution in [2.24, 2.45) is 5.92 Å². The van der Waals surface area contributed by atoms with Gasteiger partial charge in [-0.25, -0.2) is 9.97 Å². The zero-order valence-electron chi connectivity index (χ0n) is 24.8. The molecule has 0 bridgehead atoms. The molecule has 2 aliphatic heterocycles. The summed E-state index contributed by atoms with van der Waals surface area (Å²) in [6, 6.07) is 6.80. The van der Waals surface area contributed by atoms with Crippen molar-refractivity contribution in [2.75, 3.05) is 31.7 Å². The number of aliphatic hydroxyl groups is 1. The summed E-state index contributed by atoms with van der Waals surface area (Å²) in [7, 11) is 2.04. The Morgan fingerprint density at radius 1 is 1.12 bits per heavy atom. The van der Waals surface area contributed by atoms with Gasteiger partial charge in [0.25, 0.3) is 0 Å². The highest BCUT2D eigenvalue weighted by molar-refractivity contribution is 5.94. The van der Waals surface area contributed by atoms with Crippen molar-refractivity contribution in [3.05, 3.63) is 66.3 Å². The molecular formula is C33H42N6O2. The zero-order chi connectivity index (χ0) is 28.7. The highest BCUT2D eigenvalue weighted by Gasteiger charge is 2.34. The normalized spacial score (nSPS) is 20.9. The minimum Gasteiger partial charge on any atom is -0.389 e. The maximum absolute atomic E-state index is 10.3. The maximum Gasteiger partial charge on any atom is 0.165 e. The van der Waals surface area contributed by atoms with Crippen LogP contribution in [0.3, 0.4) is 0 Å². The average molecular weight is 555 g/mol. The molecule has 4 heterocycles. The second-order valence-electron chi connectivity index (χ2n) is 12.5. The molecule has 3 aliphatic rings. The van der Waals surface area contributed by atoms with Crippen LogP contribution in [0, 0.1) is 5.92 Å². The lowest BCUT2D eigenvalue weighted by atomic mass is 9.83. The van der Waals surface area contributed by atoms with Gasteiger partial charge in [0.2, 0.25) is 0 Å². The number of likely N-dealkylation sites (N-methyl/N-ethyl adjacent to an activating group) is 1. The summed E-state index contributed by atoms with van der Waals surface area (Å²) >= 11 is 0. The Bertz CT molecular complexity index is 1510. The molecule has 6 rings (SSSR count). The molecule has 1 saturated heterocycles. The molecule has 3 aromatic rings. The number of anilines is 1. The number of benzene rings is 1. The lowest BCUT2D eigenvalue weighted by Gasteiger charge is -2.42. The number of aromatic nitrogens is 4. The highest BCUT2D eigenvalue weighted by Crippen LogP contribution is 2.37. The quantitative estimate of drug-likeness (QED) is 0.413. The summed E-state index contributed by atoms with van der Waals surface area (Å²) in [5.41, 5.74) is 5.34. The molecule has 1 saturated carbocycles. The molecule has 1 N–H and O–H groups in total. The van der Waals surface area contributed by atoms with E-state index < -0.39 is 5.60 Å². The lowest BCUT2D eigenvalue weighted by Crippen LogP contribution is -2.50. The van der Waals surface area contributed by atoms with E-state index in [1.807, 2.05) is 13.2 Å². The Labute approximate surface area is 243 Å². The highest BCUT2D eigenvalue weighted by atomic mass is 16.5. The van der Waals surface area contributed by atoms with Gasteiger partial charge in [-0.1, -0.05) is 31.9 Å². The Hall–Kier alpha value is -3.49. The summed E-state index contributed by atoms with van der Waals surface area (Å²) in [6.45, 7) is 12.5. The van der Waals surface area contributed by atoms with Gasteiger partial charge in [0.15, 0.2) is 5.82 Å². The number of rotatable bonds is 6. The third-order valence-electron chi connectivity index (χ3n) is 8.67. The predicted octanol–water partition coefficient (Wildman–Crippen LogP) is 5.80. The van der Waals surface area contributed by atoms with Crippen LogP contribution in [0.25, 0.3) is 27.9 Å². The lowest BCUT2D eigenvalue weighted by molar-refractivity contribution is 0.0577. The van der Waals surface area contributed by atoms with Crippen LogP contribution < -0.4 is 4.90 Å². The number of nitrogens with zero attached hydrogens (tertiary/aromatic N) is 6. The zero-order valence-corrected chi connectivity index (χ0v) is 24.8. The van der Waals surface area contributed by atoms with Crippen LogP contribution in [0.15, 0.2) is 60.7 Å². The largest absolute Gasteiger partial charge is 0.389 e. The summed E-state index contributed by atoms with van der Waals surface area (Å²) in [4.78, 5) is 14.9. The van der Waals surface area contributed by atoms with E-state index in [4.69, 9.17) is 14.7 Å². The van der Waals surface area contributed by atoms with Gasteiger partial charge in [0.05, 0.1) is 48.7 Å². The van der Waals surface area contributed by atoms with Crippen molar-refractivity contribution >= 4 is 22.3 Å². The van der Waals surface area contributed by atoms with E-state index in [2.05, 4.69) is 58.9 Å². The fourth-order valence-electron chi connectivity index (χ4n) is 6.47. The van der Waals surface area contributed by atoms with Crippen molar-refractivity contribution in [1.82, 2.24) is 24.6 Å². The van der Waals surface area contributed by atoms with Crippen molar-refractivity contribution in [2.45, 2.75) is 71.1 Å². The van der Waals surface area contributed by atoms with Gasteiger partial charge in [-0.2, -0.15) is 5.10 Å². The van der Waals surface area contributed by atoms with E-state index >= 15 is 0 Å². The molecule has 0 radical (unpaired) electrons. The molecule has 41 heavy (non-hydrogen) atoms. The number of ether oxygens (including phenoxy) is 1. The molecule has 216 valence electrons. The molecule has 1 atom stereocenters. The first kappa shape index (κ1) is 27.7. The predicted molar refractivity (Wildman–Crippen MR) is 164 cm³/mol. The standard InChI is InChI=1S/C33H42N6O2/c1-22-15-26(18-37(5)23(22)2)25-11-12-29-28(16-25)32(39-13-14-41-20-30(39)24-9-7-6-8-10-24)36-31(35-29)27-17-34-38(19-27)21-33(3,4)40/h11-12,15-19,24,30,40H,2,6-10,13-14,20-21H2,1,3-5H3/t30-/m1/s1. The van der Waals surface area contributed by atoms with Crippen LogP contribution in [-0.4, -0.2) is 68.2 Å². The molecule has 0 spiro atoms. The van der Waals surface area contributed by atoms with Gasteiger partial charge in [0, 0.05) is 37.1 Å². The molecule has 1 aliphatic carbocycles. The van der Waals surface area contributed by atoms with Crippen molar-refractivity contribution < 1.29 is 9.84 Å². The average Bonchev–Trinajstić information content (AvgIpc) is 3.42. The van der Waals surface area contributed by atoms with E-state index in [-0.39, 0.29) is 0 Å². The van der Waals surface area contributed by atoms with E-state index in [0.29, 0.717) is 30.9 Å². The summed E-state index contributed by atoms with van der Waals surface area (Å²) in [5.74, 6) is 2.22. The Kier molecular flexibility index (Phi) is 7.47. The number of hydrogen-bond acceptors (Lipinski definition) is 7. The second-order valence-corrected chi connectivity index (χ2v) is 12.5. The number of hydrogen-bond donors (Lipinski definition) is 1. The first-order chi connectivity index (χ1) is 19.7. The third-order valence-corrected chi connectivity index (χ3v) is 8.67. The molecule has 0 unspecified atom stereocenters. The van der Waals surface area contributed by atoms with Crippen LogP contribution in [0.2, 0.25) is 0 Å². The topological polar surface area (TPSA) is 79.5 Å². The molecule has 2 aromatic heterocycles. The van der Waals surface area contributed by atoms with E-state index in [1.165, 1.54) is 32.1 Å². The molecular weight excluding hydrogens is 512 g/mol. The van der Waals surface area contributed by atoms with Crippen molar-refractivity contribution in [3.63, 3.8) is 0 Å². The summed E-state index contributed by atoms with van der Waals surface area (Å²) in [6.07, 6.45) is 14.4. The fourth-order valence-corrected chi connectivity index (χ4v) is 6.47. The summed E-state index contributed by atoms with van der Waals surface area (Å²) < 4.78 is 7.83. The van der Waals surface area contributed by atoms with Gasteiger partial charge < -0.3 is 19.6 Å². The Morgan fingerprint density at radius 3 is 2.68 bits per heavy atom. The Balaban J connectivity index is 1.47. The van der Waals surface area contributed by atoms with Crippen molar-refractivity contribution in [3.8, 4) is 11.4 Å². The third kappa shape index (κ3) is 5.81. The molecule has 2 fully saturated rings. The monoisotopic (exact) mass is 554 g/mol. The minimum absolute atomic E-state index is 0.294. The van der Waals surface area contributed by atoms with Gasteiger partial charge in [-0.15, -0.1) is 0 Å². The van der Waals surface area contributed by atoms with Crippen LogP contribution in [0.1, 0.15) is 58.4 Å². The Morgan fingerprint density at radius 2 is 1.93 bits per heavy atom. The van der Waals surface area contributed by atoms with Crippen LogP contribution in [0.4, 0.5) is 5.82 Å². The van der Waals surface area contributed by atoms with E-state index in [9.17, 15) is 5.11 Å². The fraction of sp³-hybridized carbons (Fsp3) is 0.485. The van der Waals surface area contributed by atoms with E-state index in [1.54, 1.807) is 24.7 Å². The maximum atomic E-state index is 10.3.